The summed E-state index contributed by atoms with van der Waals surface area (Å²) < 4.78 is 19.8. The zero-order valence-corrected chi connectivity index (χ0v) is 14.5. The van der Waals surface area contributed by atoms with Crippen molar-refractivity contribution in [2.45, 2.75) is 0 Å². The molecule has 0 radical (unpaired) electrons. The number of hydrogen-bond donors (Lipinski definition) is 0. The monoisotopic (exact) mass is 377 g/mol. The van der Waals surface area contributed by atoms with Gasteiger partial charge in [-0.25, -0.2) is 19.2 Å². The molecule has 0 N–H and O–H groups in total. The molecule has 0 heterocycles. The first kappa shape index (κ1) is 23.3. The Morgan fingerprint density at radius 1 is 0.741 bits per heavy atom. The van der Waals surface area contributed by atoms with Gasteiger partial charge in [0.2, 0.25) is 0 Å². The van der Waals surface area contributed by atoms with Crippen molar-refractivity contribution in [2.24, 2.45) is 5.41 Å². The molecular formula is C18H19NO8. The summed E-state index contributed by atoms with van der Waals surface area (Å²) in [6.07, 6.45) is 4.47. The Hall–Kier alpha value is -3.67. The molecule has 0 rings (SSSR count). The van der Waals surface area contributed by atoms with E-state index in [0.29, 0.717) is 0 Å². The van der Waals surface area contributed by atoms with Gasteiger partial charge in [0, 0.05) is 30.4 Å². The van der Waals surface area contributed by atoms with Crippen molar-refractivity contribution in [1.29, 1.82) is 5.26 Å². The maximum atomic E-state index is 11.6. The van der Waals surface area contributed by atoms with Gasteiger partial charge in [0.1, 0.15) is 31.8 Å². The molecule has 0 aliphatic carbocycles. The van der Waals surface area contributed by atoms with E-state index in [1.54, 1.807) is 6.07 Å². The summed E-state index contributed by atoms with van der Waals surface area (Å²) in [5.74, 6) is -3.25. The largest absolute Gasteiger partial charge is 0.462 e. The molecule has 9 nitrogen and oxygen atoms in total. The number of esters is 4. The van der Waals surface area contributed by atoms with Crippen LogP contribution in [0.3, 0.4) is 0 Å². The molecule has 0 amide bonds. The number of nitriles is 1. The van der Waals surface area contributed by atoms with Gasteiger partial charge in [0.05, 0.1) is 6.07 Å². The Bertz CT molecular complexity index is 612. The lowest BCUT2D eigenvalue weighted by molar-refractivity contribution is -0.164. The Morgan fingerprint density at radius 2 is 1.07 bits per heavy atom. The fourth-order valence-electron chi connectivity index (χ4n) is 1.48. The topological polar surface area (TPSA) is 129 Å². The number of hydrogen-bond acceptors (Lipinski definition) is 9. The molecule has 0 spiro atoms. The molecule has 0 fully saturated rings. The first-order valence-corrected chi connectivity index (χ1v) is 7.43. The molecule has 0 saturated carbocycles. The van der Waals surface area contributed by atoms with Crippen LogP contribution < -0.4 is 0 Å². The predicted octanol–water partition coefficient (Wildman–Crippen LogP) is 0.783. The number of nitrogens with zero attached hydrogens (tertiary/aromatic N) is 1. The maximum Gasteiger partial charge on any atom is 0.331 e. The molecule has 144 valence electrons. The summed E-state index contributed by atoms with van der Waals surface area (Å²) in [4.78, 5) is 45.8. The SMILES string of the molecule is C=CC(=O)OCC(COC(=O)C=C)(COC(=O)C=C)COC(=O)C=CC#N. The number of ether oxygens (including phenoxy) is 4. The molecule has 0 aliphatic rings. The van der Waals surface area contributed by atoms with Crippen molar-refractivity contribution in [3.05, 3.63) is 50.1 Å². The van der Waals surface area contributed by atoms with Crippen LogP contribution in [0.5, 0.6) is 0 Å². The smallest absolute Gasteiger partial charge is 0.331 e. The lowest BCUT2D eigenvalue weighted by Gasteiger charge is -2.31. The maximum absolute atomic E-state index is 11.6. The minimum atomic E-state index is -1.41. The van der Waals surface area contributed by atoms with E-state index in [4.69, 9.17) is 24.2 Å². The van der Waals surface area contributed by atoms with E-state index in [1.165, 1.54) is 0 Å². The van der Waals surface area contributed by atoms with Crippen LogP contribution in [0.25, 0.3) is 0 Å². The van der Waals surface area contributed by atoms with Gasteiger partial charge in [-0.1, -0.05) is 19.7 Å². The van der Waals surface area contributed by atoms with Gasteiger partial charge in [0.25, 0.3) is 0 Å². The molecule has 0 aliphatic heterocycles. The highest BCUT2D eigenvalue weighted by atomic mass is 16.6. The van der Waals surface area contributed by atoms with Crippen LogP contribution >= 0.6 is 0 Å². The molecule has 0 bridgehead atoms. The molecule has 0 aromatic carbocycles. The van der Waals surface area contributed by atoms with Crippen molar-refractivity contribution >= 4 is 23.9 Å². The second kappa shape index (κ2) is 12.7. The molecule has 27 heavy (non-hydrogen) atoms. The summed E-state index contributed by atoms with van der Waals surface area (Å²) in [5.41, 5.74) is -1.41. The van der Waals surface area contributed by atoms with Gasteiger partial charge >= 0.3 is 23.9 Å². The normalized spacial score (nSPS) is 10.2. The highest BCUT2D eigenvalue weighted by Gasteiger charge is 2.37. The van der Waals surface area contributed by atoms with Crippen LogP contribution in [0.1, 0.15) is 0 Å². The first-order valence-electron chi connectivity index (χ1n) is 7.43. The average molecular weight is 377 g/mol. The molecule has 0 atom stereocenters. The minimum Gasteiger partial charge on any atom is -0.462 e. The lowest BCUT2D eigenvalue weighted by atomic mass is 9.92. The van der Waals surface area contributed by atoms with Crippen molar-refractivity contribution in [3.63, 3.8) is 0 Å². The number of rotatable bonds is 12. The molecule has 0 aromatic heterocycles. The predicted molar refractivity (Wildman–Crippen MR) is 91.6 cm³/mol. The summed E-state index contributed by atoms with van der Waals surface area (Å²) in [5, 5.41) is 8.42. The van der Waals surface area contributed by atoms with Crippen LogP contribution in [-0.2, 0) is 38.1 Å². The van der Waals surface area contributed by atoms with E-state index in [2.05, 4.69) is 19.7 Å². The third-order valence-electron chi connectivity index (χ3n) is 2.88. The van der Waals surface area contributed by atoms with Crippen molar-refractivity contribution < 1.29 is 38.1 Å². The van der Waals surface area contributed by atoms with Gasteiger partial charge in [-0.3, -0.25) is 0 Å². The molecule has 0 unspecified atom stereocenters. The molecule has 0 aromatic rings. The highest BCUT2D eigenvalue weighted by molar-refractivity contribution is 5.83. The zero-order chi connectivity index (χ0) is 20.7. The number of carbonyl (C=O) groups is 4. The van der Waals surface area contributed by atoms with E-state index in [0.717, 1.165) is 30.4 Å². The van der Waals surface area contributed by atoms with E-state index in [9.17, 15) is 19.2 Å². The van der Waals surface area contributed by atoms with E-state index in [-0.39, 0.29) is 0 Å². The third kappa shape index (κ3) is 10.0. The van der Waals surface area contributed by atoms with E-state index < -0.39 is 55.7 Å². The summed E-state index contributed by atoms with van der Waals surface area (Å²) >= 11 is 0. The standard InChI is InChI=1S/C18H19NO8/c1-4-14(20)24-10-18(11-25-15(21)5-2,12-26-16(22)6-3)13-27-17(23)8-7-9-19/h4-8H,1-3,10-13H2. The van der Waals surface area contributed by atoms with Crippen molar-refractivity contribution in [3.8, 4) is 6.07 Å². The Morgan fingerprint density at radius 3 is 1.37 bits per heavy atom. The first-order chi connectivity index (χ1) is 12.8. The van der Waals surface area contributed by atoms with Gasteiger partial charge in [-0.05, 0) is 0 Å². The Kier molecular flexibility index (Phi) is 10.9. The van der Waals surface area contributed by atoms with Gasteiger partial charge in [0.15, 0.2) is 0 Å². The summed E-state index contributed by atoms with van der Waals surface area (Å²) in [7, 11) is 0. The highest BCUT2D eigenvalue weighted by Crippen LogP contribution is 2.21. The Labute approximate surface area is 156 Å². The number of allylic oxidation sites excluding steroid dienone is 1. The molecular weight excluding hydrogens is 358 g/mol. The van der Waals surface area contributed by atoms with Gasteiger partial charge in [-0.15, -0.1) is 0 Å². The second-order valence-corrected chi connectivity index (χ2v) is 5.01. The summed E-state index contributed by atoms with van der Waals surface area (Å²) in [6, 6.07) is 1.62. The fraction of sp³-hybridized carbons (Fsp3) is 0.278. The average Bonchev–Trinajstić information content (AvgIpc) is 2.69. The van der Waals surface area contributed by atoms with Crippen LogP contribution in [0.4, 0.5) is 0 Å². The quantitative estimate of drug-likeness (QED) is 0.210. The fourth-order valence-corrected chi connectivity index (χ4v) is 1.48. The number of carbonyl (C=O) groups excluding carboxylic acids is 4. The summed E-state index contributed by atoms with van der Waals surface area (Å²) in [6.45, 7) is 8.00. The van der Waals surface area contributed by atoms with Crippen LogP contribution in [0.15, 0.2) is 50.1 Å². The third-order valence-corrected chi connectivity index (χ3v) is 2.88. The second-order valence-electron chi connectivity index (χ2n) is 5.01. The molecule has 0 saturated heterocycles. The van der Waals surface area contributed by atoms with Gasteiger partial charge in [-0.2, -0.15) is 5.26 Å². The van der Waals surface area contributed by atoms with E-state index >= 15 is 0 Å². The zero-order valence-electron chi connectivity index (χ0n) is 14.5. The minimum absolute atomic E-state index is 0.429. The van der Waals surface area contributed by atoms with Crippen LogP contribution in [0, 0.1) is 16.7 Å². The van der Waals surface area contributed by atoms with Crippen molar-refractivity contribution in [2.75, 3.05) is 26.4 Å². The molecule has 9 heteroatoms. The van der Waals surface area contributed by atoms with E-state index in [1.807, 2.05) is 0 Å². The lowest BCUT2D eigenvalue weighted by Crippen LogP contribution is -2.43. The van der Waals surface area contributed by atoms with Gasteiger partial charge < -0.3 is 18.9 Å². The Balaban J connectivity index is 5.45. The van der Waals surface area contributed by atoms with Crippen LogP contribution in [0.2, 0.25) is 0 Å². The van der Waals surface area contributed by atoms with Crippen LogP contribution in [-0.4, -0.2) is 50.3 Å². The van der Waals surface area contributed by atoms with Crippen molar-refractivity contribution in [1.82, 2.24) is 0 Å².